The number of rotatable bonds is 8. The SMILES string of the molecule is c1ccc(-c2nc(-c3ccccc3)nc(-c3ccc(-c4ccc5ccc(-c6cccc(-c7nc(-c8ccccc8)nc(-c8ccc9ccccc9c8)n7)c6)cc5c4)cc3)n2)cc1. The Hall–Kier alpha value is -8.48. The zero-order valence-corrected chi connectivity index (χ0v) is 33.5. The Kier molecular flexibility index (Phi) is 9.41. The van der Waals surface area contributed by atoms with E-state index < -0.39 is 0 Å². The molecule has 0 saturated carbocycles. The standard InChI is InChI=1S/C56H36N6/c1-4-14-40(15-5-1)51-57-52(41-16-6-2-7-17-41)59-54(58-51)43-28-23-38(24-29-43)46-30-25-39-26-31-47(36-50(39)35-46)45-21-12-22-48(34-45)55-60-53(42-18-8-3-9-19-42)61-56(62-55)49-32-27-37-13-10-11-20-44(37)33-49/h1-36H. The molecule has 6 heteroatoms. The van der Waals surface area contributed by atoms with Gasteiger partial charge in [-0.15, -0.1) is 0 Å². The minimum absolute atomic E-state index is 0.625. The number of nitrogens with zero attached hydrogens (tertiary/aromatic N) is 6. The fourth-order valence-corrected chi connectivity index (χ4v) is 7.87. The van der Waals surface area contributed by atoms with Crippen molar-refractivity contribution in [3.8, 4) is 90.6 Å². The van der Waals surface area contributed by atoms with Crippen LogP contribution < -0.4 is 0 Å². The Morgan fingerprint density at radius 1 is 0.161 bits per heavy atom. The molecule has 0 N–H and O–H groups in total. The predicted octanol–water partition coefficient (Wildman–Crippen LogP) is 13.7. The molecule has 62 heavy (non-hydrogen) atoms. The topological polar surface area (TPSA) is 77.3 Å². The second-order valence-electron chi connectivity index (χ2n) is 15.2. The average Bonchev–Trinajstić information content (AvgIpc) is 3.36. The van der Waals surface area contributed by atoms with Crippen molar-refractivity contribution in [2.75, 3.05) is 0 Å². The molecule has 11 rings (SSSR count). The first-order chi connectivity index (χ1) is 30.7. The van der Waals surface area contributed by atoms with Crippen LogP contribution in [0.3, 0.4) is 0 Å². The summed E-state index contributed by atoms with van der Waals surface area (Å²) in [4.78, 5) is 29.7. The van der Waals surface area contributed by atoms with Crippen LogP contribution >= 0.6 is 0 Å². The smallest absolute Gasteiger partial charge is 0.164 e. The number of hydrogen-bond acceptors (Lipinski definition) is 6. The summed E-state index contributed by atoms with van der Waals surface area (Å²) in [7, 11) is 0. The molecule has 0 aliphatic carbocycles. The van der Waals surface area contributed by atoms with Crippen LogP contribution in [0.2, 0.25) is 0 Å². The van der Waals surface area contributed by atoms with E-state index in [1.165, 1.54) is 10.8 Å². The van der Waals surface area contributed by atoms with Crippen LogP contribution in [0.25, 0.3) is 112 Å². The second kappa shape index (κ2) is 15.9. The lowest BCUT2D eigenvalue weighted by molar-refractivity contribution is 1.07. The lowest BCUT2D eigenvalue weighted by atomic mass is 9.96. The molecule has 2 heterocycles. The molecule has 6 nitrogen and oxygen atoms in total. The van der Waals surface area contributed by atoms with Gasteiger partial charge in [0.15, 0.2) is 34.9 Å². The van der Waals surface area contributed by atoms with Crippen molar-refractivity contribution in [3.05, 3.63) is 218 Å². The molecule has 0 radical (unpaired) electrons. The van der Waals surface area contributed by atoms with Crippen molar-refractivity contribution >= 4 is 21.5 Å². The van der Waals surface area contributed by atoms with Gasteiger partial charge < -0.3 is 0 Å². The molecule has 0 aliphatic rings. The first-order valence-corrected chi connectivity index (χ1v) is 20.6. The van der Waals surface area contributed by atoms with Crippen molar-refractivity contribution in [3.63, 3.8) is 0 Å². The molecule has 0 spiro atoms. The summed E-state index contributed by atoms with van der Waals surface area (Å²) >= 11 is 0. The number of hydrogen-bond donors (Lipinski definition) is 0. The van der Waals surface area contributed by atoms with E-state index in [2.05, 4.69) is 127 Å². The molecule has 2 aromatic heterocycles. The van der Waals surface area contributed by atoms with E-state index in [1.807, 2.05) is 91.0 Å². The van der Waals surface area contributed by atoms with E-state index in [0.29, 0.717) is 34.9 Å². The van der Waals surface area contributed by atoms with Crippen LogP contribution in [0.4, 0.5) is 0 Å². The fourth-order valence-electron chi connectivity index (χ4n) is 7.87. The highest BCUT2D eigenvalue weighted by Gasteiger charge is 2.15. The maximum absolute atomic E-state index is 5.06. The molecule has 0 saturated heterocycles. The quantitative estimate of drug-likeness (QED) is 0.152. The van der Waals surface area contributed by atoms with Gasteiger partial charge >= 0.3 is 0 Å². The van der Waals surface area contributed by atoms with Gasteiger partial charge in [-0.2, -0.15) is 0 Å². The summed E-state index contributed by atoms with van der Waals surface area (Å²) in [6.45, 7) is 0. The van der Waals surface area contributed by atoms with E-state index in [0.717, 1.165) is 66.4 Å². The van der Waals surface area contributed by atoms with E-state index in [9.17, 15) is 0 Å². The number of fused-ring (bicyclic) bond motifs is 2. The van der Waals surface area contributed by atoms with Crippen molar-refractivity contribution in [2.24, 2.45) is 0 Å². The Morgan fingerprint density at radius 2 is 0.452 bits per heavy atom. The summed E-state index contributed by atoms with van der Waals surface area (Å²) in [5.41, 5.74) is 10.0. The monoisotopic (exact) mass is 792 g/mol. The van der Waals surface area contributed by atoms with Gasteiger partial charge in [-0.3, -0.25) is 0 Å². The molecule has 0 atom stereocenters. The van der Waals surface area contributed by atoms with Crippen molar-refractivity contribution in [1.82, 2.24) is 29.9 Å². The Balaban J connectivity index is 0.919. The van der Waals surface area contributed by atoms with Crippen LogP contribution in [0.15, 0.2) is 218 Å². The van der Waals surface area contributed by atoms with Crippen molar-refractivity contribution in [2.45, 2.75) is 0 Å². The summed E-state index contributed by atoms with van der Waals surface area (Å²) in [5.74, 6) is 3.82. The molecule has 11 aromatic rings. The molecular weight excluding hydrogens is 757 g/mol. The molecule has 290 valence electrons. The third-order valence-electron chi connectivity index (χ3n) is 11.1. The molecule has 0 aliphatic heterocycles. The highest BCUT2D eigenvalue weighted by molar-refractivity contribution is 5.92. The van der Waals surface area contributed by atoms with Crippen LogP contribution in [0.5, 0.6) is 0 Å². The van der Waals surface area contributed by atoms with Gasteiger partial charge in [0.2, 0.25) is 0 Å². The van der Waals surface area contributed by atoms with E-state index in [-0.39, 0.29) is 0 Å². The highest BCUT2D eigenvalue weighted by atomic mass is 15.0. The Morgan fingerprint density at radius 3 is 0.968 bits per heavy atom. The van der Waals surface area contributed by atoms with Gasteiger partial charge in [0, 0.05) is 33.4 Å². The molecule has 0 fully saturated rings. The zero-order chi connectivity index (χ0) is 41.2. The number of benzene rings is 9. The first-order valence-electron chi connectivity index (χ1n) is 20.6. The molecule has 0 amide bonds. The normalized spacial score (nSPS) is 11.2. The fraction of sp³-hybridized carbons (Fsp3) is 0. The minimum Gasteiger partial charge on any atom is -0.208 e. The van der Waals surface area contributed by atoms with E-state index in [4.69, 9.17) is 29.9 Å². The molecular formula is C56H36N6. The lowest BCUT2D eigenvalue weighted by Gasteiger charge is -2.11. The largest absolute Gasteiger partial charge is 0.208 e. The lowest BCUT2D eigenvalue weighted by Crippen LogP contribution is -2.00. The zero-order valence-electron chi connectivity index (χ0n) is 33.5. The maximum atomic E-state index is 5.06. The Bertz CT molecular complexity index is 3330. The second-order valence-corrected chi connectivity index (χ2v) is 15.2. The summed E-state index contributed by atoms with van der Waals surface area (Å²) in [5, 5.41) is 4.63. The summed E-state index contributed by atoms with van der Waals surface area (Å²) in [6, 6.07) is 75.1. The Labute approximate surface area is 359 Å². The third kappa shape index (κ3) is 7.38. The van der Waals surface area contributed by atoms with E-state index >= 15 is 0 Å². The minimum atomic E-state index is 0.625. The summed E-state index contributed by atoms with van der Waals surface area (Å²) in [6.07, 6.45) is 0. The summed E-state index contributed by atoms with van der Waals surface area (Å²) < 4.78 is 0. The highest BCUT2D eigenvalue weighted by Crippen LogP contribution is 2.33. The van der Waals surface area contributed by atoms with Crippen molar-refractivity contribution < 1.29 is 0 Å². The van der Waals surface area contributed by atoms with Crippen molar-refractivity contribution in [1.29, 1.82) is 0 Å². The molecule has 0 bridgehead atoms. The van der Waals surface area contributed by atoms with Gasteiger partial charge in [-0.25, -0.2) is 29.9 Å². The molecule has 0 unspecified atom stereocenters. The van der Waals surface area contributed by atoms with Crippen LogP contribution in [-0.4, -0.2) is 29.9 Å². The number of aromatic nitrogens is 6. The van der Waals surface area contributed by atoms with Gasteiger partial charge in [0.25, 0.3) is 0 Å². The third-order valence-corrected chi connectivity index (χ3v) is 11.1. The van der Waals surface area contributed by atoms with Gasteiger partial charge in [0.05, 0.1) is 0 Å². The first kappa shape index (κ1) is 36.6. The van der Waals surface area contributed by atoms with Gasteiger partial charge in [0.1, 0.15) is 0 Å². The van der Waals surface area contributed by atoms with Crippen LogP contribution in [0.1, 0.15) is 0 Å². The van der Waals surface area contributed by atoms with Crippen LogP contribution in [0, 0.1) is 0 Å². The maximum Gasteiger partial charge on any atom is 0.164 e. The van der Waals surface area contributed by atoms with Gasteiger partial charge in [-0.05, 0) is 68.1 Å². The van der Waals surface area contributed by atoms with Crippen LogP contribution in [-0.2, 0) is 0 Å². The average molecular weight is 793 g/mol. The van der Waals surface area contributed by atoms with Gasteiger partial charge in [-0.1, -0.05) is 194 Å². The predicted molar refractivity (Wildman–Crippen MR) is 252 cm³/mol. The molecule has 9 aromatic carbocycles. The van der Waals surface area contributed by atoms with E-state index in [1.54, 1.807) is 0 Å².